The van der Waals surface area contributed by atoms with Crippen molar-refractivity contribution in [2.45, 2.75) is 34.2 Å². The van der Waals surface area contributed by atoms with Crippen LogP contribution in [-0.4, -0.2) is 19.8 Å². The van der Waals surface area contributed by atoms with Gasteiger partial charge in [-0.25, -0.2) is 0 Å². The highest BCUT2D eigenvalue weighted by Crippen LogP contribution is 2.23. The number of benzene rings is 2. The molecule has 0 aliphatic heterocycles. The Balaban J connectivity index is 1.96. The van der Waals surface area contributed by atoms with Gasteiger partial charge in [0, 0.05) is 18.8 Å². The molecule has 0 heterocycles. The average molecular weight is 313 g/mol. The summed E-state index contributed by atoms with van der Waals surface area (Å²) in [6.45, 7) is 11.1. The standard InChI is InChI=1S/C20H27NO2/c1-5-22-9-10-23-19-8-6-7-18(13-19)14-21-20-16(3)11-15(2)12-17(20)4/h6-8,11-13,21H,5,9-10,14H2,1-4H3. The second-order valence-electron chi connectivity index (χ2n) is 5.82. The Morgan fingerprint density at radius 1 is 0.957 bits per heavy atom. The minimum absolute atomic E-state index is 0.584. The van der Waals surface area contributed by atoms with E-state index in [1.165, 1.54) is 27.9 Å². The summed E-state index contributed by atoms with van der Waals surface area (Å²) in [4.78, 5) is 0. The molecular formula is C20H27NO2. The predicted molar refractivity (Wildman–Crippen MR) is 96.4 cm³/mol. The number of rotatable bonds is 8. The van der Waals surface area contributed by atoms with E-state index < -0.39 is 0 Å². The molecule has 0 fully saturated rings. The normalized spacial score (nSPS) is 10.6. The Kier molecular flexibility index (Phi) is 6.48. The highest BCUT2D eigenvalue weighted by atomic mass is 16.5. The molecule has 2 aromatic rings. The third-order valence-corrected chi connectivity index (χ3v) is 3.75. The van der Waals surface area contributed by atoms with E-state index in [1.807, 2.05) is 19.1 Å². The number of anilines is 1. The van der Waals surface area contributed by atoms with E-state index in [2.05, 4.69) is 50.4 Å². The summed E-state index contributed by atoms with van der Waals surface area (Å²) in [5.74, 6) is 0.890. The molecule has 0 aliphatic carbocycles. The maximum atomic E-state index is 5.71. The average Bonchev–Trinajstić information content (AvgIpc) is 2.51. The number of hydrogen-bond acceptors (Lipinski definition) is 3. The van der Waals surface area contributed by atoms with E-state index in [9.17, 15) is 0 Å². The molecule has 0 spiro atoms. The van der Waals surface area contributed by atoms with Gasteiger partial charge >= 0.3 is 0 Å². The second kappa shape index (κ2) is 8.59. The van der Waals surface area contributed by atoms with Crippen LogP contribution in [0.2, 0.25) is 0 Å². The van der Waals surface area contributed by atoms with Gasteiger partial charge in [-0.3, -0.25) is 0 Å². The van der Waals surface area contributed by atoms with Crippen molar-refractivity contribution in [1.29, 1.82) is 0 Å². The number of ether oxygens (including phenoxy) is 2. The van der Waals surface area contributed by atoms with Crippen LogP contribution in [0.1, 0.15) is 29.2 Å². The molecule has 2 aromatic carbocycles. The quantitative estimate of drug-likeness (QED) is 0.720. The van der Waals surface area contributed by atoms with Crippen molar-refractivity contribution in [3.05, 3.63) is 58.7 Å². The maximum Gasteiger partial charge on any atom is 0.119 e. The minimum Gasteiger partial charge on any atom is -0.491 e. The van der Waals surface area contributed by atoms with E-state index in [1.54, 1.807) is 0 Å². The lowest BCUT2D eigenvalue weighted by molar-refractivity contribution is 0.110. The summed E-state index contributed by atoms with van der Waals surface area (Å²) in [6.07, 6.45) is 0. The van der Waals surface area contributed by atoms with Crippen LogP contribution in [-0.2, 0) is 11.3 Å². The first-order chi connectivity index (χ1) is 11.1. The fourth-order valence-corrected chi connectivity index (χ4v) is 2.76. The van der Waals surface area contributed by atoms with Crippen molar-refractivity contribution in [2.24, 2.45) is 0 Å². The van der Waals surface area contributed by atoms with Crippen molar-refractivity contribution >= 4 is 5.69 Å². The molecule has 0 bridgehead atoms. The fraction of sp³-hybridized carbons (Fsp3) is 0.400. The number of aryl methyl sites for hydroxylation is 3. The highest BCUT2D eigenvalue weighted by molar-refractivity contribution is 5.58. The first-order valence-electron chi connectivity index (χ1n) is 8.21. The lowest BCUT2D eigenvalue weighted by Crippen LogP contribution is -2.07. The van der Waals surface area contributed by atoms with E-state index in [0.29, 0.717) is 13.2 Å². The molecule has 2 rings (SSSR count). The minimum atomic E-state index is 0.584. The van der Waals surface area contributed by atoms with Gasteiger partial charge in [0.15, 0.2) is 0 Å². The zero-order valence-electron chi connectivity index (χ0n) is 14.6. The van der Waals surface area contributed by atoms with Crippen LogP contribution in [0.25, 0.3) is 0 Å². The number of nitrogens with one attached hydrogen (secondary N) is 1. The van der Waals surface area contributed by atoms with Gasteiger partial charge in [0.1, 0.15) is 12.4 Å². The smallest absolute Gasteiger partial charge is 0.119 e. The van der Waals surface area contributed by atoms with Crippen molar-refractivity contribution in [3.8, 4) is 5.75 Å². The van der Waals surface area contributed by atoms with Crippen molar-refractivity contribution in [3.63, 3.8) is 0 Å². The largest absolute Gasteiger partial charge is 0.491 e. The Bertz CT molecular complexity index is 614. The lowest BCUT2D eigenvalue weighted by Gasteiger charge is -2.14. The van der Waals surface area contributed by atoms with E-state index >= 15 is 0 Å². The molecule has 0 aliphatic rings. The van der Waals surface area contributed by atoms with Gasteiger partial charge in [-0.1, -0.05) is 29.8 Å². The topological polar surface area (TPSA) is 30.5 Å². The molecule has 0 unspecified atom stereocenters. The van der Waals surface area contributed by atoms with Crippen LogP contribution >= 0.6 is 0 Å². The Hall–Kier alpha value is -2.00. The third kappa shape index (κ3) is 5.29. The van der Waals surface area contributed by atoms with Crippen molar-refractivity contribution in [2.75, 3.05) is 25.1 Å². The highest BCUT2D eigenvalue weighted by Gasteiger charge is 2.04. The molecule has 0 atom stereocenters. The van der Waals surface area contributed by atoms with Gasteiger partial charge in [-0.15, -0.1) is 0 Å². The van der Waals surface area contributed by atoms with Gasteiger partial charge in [-0.05, 0) is 56.5 Å². The van der Waals surface area contributed by atoms with Crippen molar-refractivity contribution in [1.82, 2.24) is 0 Å². The zero-order chi connectivity index (χ0) is 16.7. The summed E-state index contributed by atoms with van der Waals surface area (Å²) in [5.41, 5.74) is 6.30. The molecule has 23 heavy (non-hydrogen) atoms. The molecule has 0 saturated heterocycles. The van der Waals surface area contributed by atoms with Gasteiger partial charge in [0.05, 0.1) is 6.61 Å². The molecule has 0 amide bonds. The fourth-order valence-electron chi connectivity index (χ4n) is 2.76. The van der Waals surface area contributed by atoms with Gasteiger partial charge in [-0.2, -0.15) is 0 Å². The molecule has 3 nitrogen and oxygen atoms in total. The van der Waals surface area contributed by atoms with E-state index in [4.69, 9.17) is 9.47 Å². The Morgan fingerprint density at radius 3 is 2.39 bits per heavy atom. The van der Waals surface area contributed by atoms with Crippen LogP contribution in [0.3, 0.4) is 0 Å². The lowest BCUT2D eigenvalue weighted by atomic mass is 10.0. The molecule has 124 valence electrons. The van der Waals surface area contributed by atoms with Gasteiger partial charge in [0.2, 0.25) is 0 Å². The Morgan fingerprint density at radius 2 is 1.70 bits per heavy atom. The first-order valence-corrected chi connectivity index (χ1v) is 8.21. The van der Waals surface area contributed by atoms with Crippen LogP contribution in [0.15, 0.2) is 36.4 Å². The molecular weight excluding hydrogens is 286 g/mol. The van der Waals surface area contributed by atoms with E-state index in [0.717, 1.165) is 18.9 Å². The zero-order valence-corrected chi connectivity index (χ0v) is 14.6. The maximum absolute atomic E-state index is 5.71. The molecule has 0 saturated carbocycles. The summed E-state index contributed by atoms with van der Waals surface area (Å²) < 4.78 is 11.0. The van der Waals surface area contributed by atoms with Crippen LogP contribution < -0.4 is 10.1 Å². The summed E-state index contributed by atoms with van der Waals surface area (Å²) >= 11 is 0. The monoisotopic (exact) mass is 313 g/mol. The first kappa shape index (κ1) is 17.4. The SMILES string of the molecule is CCOCCOc1cccc(CNc2c(C)cc(C)cc2C)c1. The third-order valence-electron chi connectivity index (χ3n) is 3.75. The van der Waals surface area contributed by atoms with E-state index in [-0.39, 0.29) is 0 Å². The van der Waals surface area contributed by atoms with Crippen LogP contribution in [0.4, 0.5) is 5.69 Å². The van der Waals surface area contributed by atoms with Crippen LogP contribution in [0, 0.1) is 20.8 Å². The summed E-state index contributed by atoms with van der Waals surface area (Å²) in [6, 6.07) is 12.6. The van der Waals surface area contributed by atoms with Gasteiger partial charge < -0.3 is 14.8 Å². The summed E-state index contributed by atoms with van der Waals surface area (Å²) in [7, 11) is 0. The Labute approximate surface area is 139 Å². The predicted octanol–water partition coefficient (Wildman–Crippen LogP) is 4.64. The van der Waals surface area contributed by atoms with Crippen molar-refractivity contribution < 1.29 is 9.47 Å². The molecule has 0 aromatic heterocycles. The molecule has 1 N–H and O–H groups in total. The molecule has 3 heteroatoms. The summed E-state index contributed by atoms with van der Waals surface area (Å²) in [5, 5.41) is 3.55. The van der Waals surface area contributed by atoms with Gasteiger partial charge in [0.25, 0.3) is 0 Å². The number of hydrogen-bond donors (Lipinski definition) is 1. The second-order valence-corrected chi connectivity index (χ2v) is 5.82. The van der Waals surface area contributed by atoms with Crippen LogP contribution in [0.5, 0.6) is 5.75 Å². The molecule has 0 radical (unpaired) electrons.